The van der Waals surface area contributed by atoms with Crippen LogP contribution in [0.25, 0.3) is 11.3 Å². The van der Waals surface area contributed by atoms with Gasteiger partial charge in [-0.05, 0) is 44.6 Å². The van der Waals surface area contributed by atoms with E-state index in [1.54, 1.807) is 10.7 Å². The number of alkyl halides is 3. The molecule has 0 radical (unpaired) electrons. The van der Waals surface area contributed by atoms with Gasteiger partial charge in [-0.1, -0.05) is 29.4 Å². The molecule has 2 aromatic heterocycles. The van der Waals surface area contributed by atoms with Crippen molar-refractivity contribution in [2.45, 2.75) is 69.0 Å². The number of carbonyl (C=O) groups is 1. The quantitative estimate of drug-likeness (QED) is 0.502. The summed E-state index contributed by atoms with van der Waals surface area (Å²) in [6.45, 7) is 2.06. The molecule has 0 amide bonds. The first-order valence-electron chi connectivity index (χ1n) is 11.9. The highest BCUT2D eigenvalue weighted by Crippen LogP contribution is 2.78. The fourth-order valence-electron chi connectivity index (χ4n) is 5.82. The summed E-state index contributed by atoms with van der Waals surface area (Å²) in [7, 11) is 0. The van der Waals surface area contributed by atoms with Crippen molar-refractivity contribution in [3.8, 4) is 17.3 Å². The zero-order chi connectivity index (χ0) is 25.5. The number of nitriles is 1. The fraction of sp³-hybridized carbons (Fsp3) is 0.462. The summed E-state index contributed by atoms with van der Waals surface area (Å²) in [5, 5.41) is 18.2. The molecule has 7 nitrogen and oxygen atoms in total. The number of hydrogen-bond acceptors (Lipinski definition) is 6. The summed E-state index contributed by atoms with van der Waals surface area (Å²) in [6.07, 6.45) is -1.92. The van der Waals surface area contributed by atoms with Gasteiger partial charge in [0.05, 0.1) is 23.1 Å². The van der Waals surface area contributed by atoms with Crippen LogP contribution in [0.15, 0.2) is 34.9 Å². The smallest absolute Gasteiger partial charge is 0.383 e. The van der Waals surface area contributed by atoms with Gasteiger partial charge >= 0.3 is 6.18 Å². The predicted octanol–water partition coefficient (Wildman–Crippen LogP) is 4.84. The molecule has 2 N–H and O–H groups in total. The van der Waals surface area contributed by atoms with Crippen molar-refractivity contribution in [3.05, 3.63) is 52.9 Å². The lowest BCUT2D eigenvalue weighted by Gasteiger charge is -2.69. The Bertz CT molecular complexity index is 1400. The number of halogens is 3. The third-order valence-electron chi connectivity index (χ3n) is 8.25. The number of ketones is 1. The molecule has 10 heteroatoms. The van der Waals surface area contributed by atoms with E-state index >= 15 is 0 Å². The van der Waals surface area contributed by atoms with Crippen LogP contribution >= 0.6 is 0 Å². The molecule has 2 heterocycles. The number of Topliss-reactive ketones (excluding diaryl/α,β-unsaturated/α-hetero) is 1. The van der Waals surface area contributed by atoms with Gasteiger partial charge in [-0.15, -0.1) is 0 Å². The molecule has 36 heavy (non-hydrogen) atoms. The first-order chi connectivity index (χ1) is 17.0. The van der Waals surface area contributed by atoms with Crippen molar-refractivity contribution in [3.63, 3.8) is 0 Å². The first kappa shape index (κ1) is 22.8. The van der Waals surface area contributed by atoms with Crippen LogP contribution in [0.2, 0.25) is 0 Å². The van der Waals surface area contributed by atoms with Crippen molar-refractivity contribution in [1.29, 1.82) is 5.26 Å². The lowest BCUT2D eigenvalue weighted by Crippen LogP contribution is -2.70. The van der Waals surface area contributed by atoms with Crippen LogP contribution in [0, 0.1) is 16.7 Å². The third kappa shape index (κ3) is 3.29. The number of nitrogens with two attached hydrogens (primary N) is 1. The normalized spacial score (nSPS) is 25.5. The Balaban J connectivity index is 1.10. The summed E-state index contributed by atoms with van der Waals surface area (Å²) in [5.41, 5.74) is 6.86. The molecule has 4 fully saturated rings. The Hall–Kier alpha value is -3.61. The van der Waals surface area contributed by atoms with Crippen LogP contribution in [0.1, 0.15) is 61.6 Å². The van der Waals surface area contributed by atoms with Gasteiger partial charge in [0.1, 0.15) is 34.7 Å². The molecule has 4 aliphatic rings. The number of carbonyl (C=O) groups excluding carboxylic acids is 1. The molecule has 0 aliphatic heterocycles. The molecule has 2 bridgehead atoms. The van der Waals surface area contributed by atoms with Crippen molar-refractivity contribution >= 4 is 11.6 Å². The number of nitrogens with zero attached hydrogens (tertiary/aromatic N) is 4. The second-order valence-electron chi connectivity index (χ2n) is 11.0. The summed E-state index contributed by atoms with van der Waals surface area (Å²) in [6, 6.07) is 11.0. The Labute approximate surface area is 205 Å². The van der Waals surface area contributed by atoms with E-state index in [2.05, 4.69) is 23.2 Å². The molecule has 186 valence electrons. The number of anilines is 1. The number of benzene rings is 1. The van der Waals surface area contributed by atoms with E-state index < -0.39 is 17.0 Å². The maximum atomic E-state index is 13.1. The number of aromatic nitrogens is 3. The standard InChI is InChI=1S/C26H24F3N5O2/c1-23(6-7-23)34-22(31)19(11-30)21(32-34)16-4-2-15(3-5-16)8-17(35)9-18-10-20(33-36-18)24-12-25(13-24,14-24)26(27,28)29/h2-5,10H,6-9,12-14,31H2,1H3. The van der Waals surface area contributed by atoms with E-state index in [1.807, 2.05) is 24.3 Å². The van der Waals surface area contributed by atoms with Crippen molar-refractivity contribution in [2.24, 2.45) is 5.41 Å². The summed E-state index contributed by atoms with van der Waals surface area (Å²) >= 11 is 0. The zero-order valence-corrected chi connectivity index (χ0v) is 19.7. The zero-order valence-electron chi connectivity index (χ0n) is 19.7. The highest BCUT2D eigenvalue weighted by Gasteiger charge is 2.79. The molecule has 4 aliphatic carbocycles. The summed E-state index contributed by atoms with van der Waals surface area (Å²) in [4.78, 5) is 12.6. The highest BCUT2D eigenvalue weighted by molar-refractivity contribution is 5.83. The van der Waals surface area contributed by atoms with E-state index in [4.69, 9.17) is 10.3 Å². The van der Waals surface area contributed by atoms with Gasteiger partial charge in [0.2, 0.25) is 0 Å². The average Bonchev–Trinajstić information content (AvgIpc) is 3.17. The average molecular weight is 496 g/mol. The predicted molar refractivity (Wildman–Crippen MR) is 123 cm³/mol. The minimum Gasteiger partial charge on any atom is -0.383 e. The van der Waals surface area contributed by atoms with E-state index in [1.165, 1.54) is 0 Å². The molecule has 0 saturated heterocycles. The van der Waals surface area contributed by atoms with Gasteiger partial charge in [0, 0.05) is 23.5 Å². The largest absolute Gasteiger partial charge is 0.394 e. The minimum absolute atomic E-state index is 0.0212. The summed E-state index contributed by atoms with van der Waals surface area (Å²) in [5.74, 6) is 0.638. The number of rotatable bonds is 7. The number of nitrogen functional groups attached to an aromatic ring is 1. The first-order valence-corrected chi connectivity index (χ1v) is 11.9. The van der Waals surface area contributed by atoms with E-state index in [0.29, 0.717) is 28.5 Å². The van der Waals surface area contributed by atoms with Crippen molar-refractivity contribution in [2.75, 3.05) is 5.73 Å². The minimum atomic E-state index is -4.18. The van der Waals surface area contributed by atoms with Crippen LogP contribution in [0.5, 0.6) is 0 Å². The Morgan fingerprint density at radius 3 is 2.44 bits per heavy atom. The lowest BCUT2D eigenvalue weighted by atomic mass is 9.34. The maximum Gasteiger partial charge on any atom is 0.394 e. The summed E-state index contributed by atoms with van der Waals surface area (Å²) < 4.78 is 46.3. The number of hydrogen-bond donors (Lipinski definition) is 1. The van der Waals surface area contributed by atoms with E-state index in [0.717, 1.165) is 24.0 Å². The molecule has 0 spiro atoms. The molecule has 7 rings (SSSR count). The van der Waals surface area contributed by atoms with E-state index in [9.17, 15) is 23.2 Å². The van der Waals surface area contributed by atoms with Gasteiger partial charge < -0.3 is 10.3 Å². The molecule has 3 aromatic rings. The second-order valence-corrected chi connectivity index (χ2v) is 11.0. The third-order valence-corrected chi connectivity index (χ3v) is 8.25. The molecular weight excluding hydrogens is 471 g/mol. The SMILES string of the molecule is CC1(n2nc(-c3ccc(CC(=O)Cc4cc(C56CC(C(F)(F)F)(C5)C6)no4)cc3)c(C#N)c2N)CC1. The Morgan fingerprint density at radius 2 is 1.86 bits per heavy atom. The van der Waals surface area contributed by atoms with Gasteiger partial charge in [0.15, 0.2) is 0 Å². The van der Waals surface area contributed by atoms with Crippen molar-refractivity contribution < 1.29 is 22.5 Å². The van der Waals surface area contributed by atoms with Crippen LogP contribution in [-0.4, -0.2) is 26.9 Å². The van der Waals surface area contributed by atoms with E-state index in [-0.39, 0.29) is 43.4 Å². The monoisotopic (exact) mass is 495 g/mol. The molecule has 1 aromatic carbocycles. The molecule has 0 unspecified atom stereocenters. The molecule has 4 saturated carbocycles. The Kier molecular flexibility index (Phi) is 4.58. The highest BCUT2D eigenvalue weighted by atomic mass is 19.4. The van der Waals surface area contributed by atoms with Crippen LogP contribution in [0.3, 0.4) is 0 Å². The van der Waals surface area contributed by atoms with Crippen LogP contribution < -0.4 is 5.73 Å². The Morgan fingerprint density at radius 1 is 1.19 bits per heavy atom. The van der Waals surface area contributed by atoms with Gasteiger partial charge in [0.25, 0.3) is 0 Å². The molecular formula is C26H24F3N5O2. The van der Waals surface area contributed by atoms with Gasteiger partial charge in [-0.3, -0.25) is 4.79 Å². The maximum absolute atomic E-state index is 13.1. The van der Waals surface area contributed by atoms with Gasteiger partial charge in [-0.25, -0.2) is 4.68 Å². The molecule has 0 atom stereocenters. The van der Waals surface area contributed by atoms with Crippen LogP contribution in [0.4, 0.5) is 19.0 Å². The van der Waals surface area contributed by atoms with Crippen LogP contribution in [-0.2, 0) is 28.6 Å². The topological polar surface area (TPSA) is 111 Å². The fourth-order valence-corrected chi connectivity index (χ4v) is 5.82. The van der Waals surface area contributed by atoms with Crippen molar-refractivity contribution in [1.82, 2.24) is 14.9 Å². The second kappa shape index (κ2) is 7.21. The van der Waals surface area contributed by atoms with Gasteiger partial charge in [-0.2, -0.15) is 23.5 Å². The lowest BCUT2D eigenvalue weighted by molar-refractivity contribution is -0.338.